The lowest BCUT2D eigenvalue weighted by molar-refractivity contribution is 0.0175. The fourth-order valence-electron chi connectivity index (χ4n) is 4.62. The highest BCUT2D eigenvalue weighted by Gasteiger charge is 2.26. The Kier molecular flexibility index (Phi) is 7.61. The number of rotatable bonds is 6. The van der Waals surface area contributed by atoms with Gasteiger partial charge in [0.2, 0.25) is 0 Å². The zero-order chi connectivity index (χ0) is 26.7. The molecule has 1 saturated heterocycles. The molecule has 2 heterocycles. The van der Waals surface area contributed by atoms with Gasteiger partial charge in [0.05, 0.1) is 12.3 Å². The molecule has 0 radical (unpaired) electrons. The number of nitrogens with zero attached hydrogens (tertiary/aromatic N) is 3. The van der Waals surface area contributed by atoms with E-state index < -0.39 is 12.0 Å². The van der Waals surface area contributed by atoms with Crippen LogP contribution >= 0.6 is 0 Å². The van der Waals surface area contributed by atoms with Gasteiger partial charge in [-0.3, -0.25) is 9.36 Å². The van der Waals surface area contributed by atoms with Crippen molar-refractivity contribution in [1.29, 1.82) is 0 Å². The van der Waals surface area contributed by atoms with E-state index in [9.17, 15) is 18.4 Å². The number of piperidine rings is 1. The Morgan fingerprint density at radius 3 is 2.38 bits per heavy atom. The molecule has 1 N–H and O–H groups in total. The highest BCUT2D eigenvalue weighted by Crippen LogP contribution is 2.30. The van der Waals surface area contributed by atoms with Crippen molar-refractivity contribution in [3.8, 4) is 17.1 Å². The van der Waals surface area contributed by atoms with Crippen molar-refractivity contribution in [3.63, 3.8) is 0 Å². The molecule has 0 unspecified atom stereocenters. The standard InChI is InChI=1S/C28H32F2N4O3/c1-5-37-27(36)31-21-12-14-33(15-13-21)24-17-25(35)34(22-9-7-20(8-10-22)28(4,29)30)26(32-24)23-11-6-18(2)16-19(23)3/h6-11,16-17,21H,5,12-15H2,1-4H3,(H,31,36). The van der Waals surface area contributed by atoms with Crippen LogP contribution < -0.4 is 15.8 Å². The van der Waals surface area contributed by atoms with E-state index in [0.29, 0.717) is 49.9 Å². The molecule has 1 aromatic heterocycles. The Labute approximate surface area is 215 Å². The summed E-state index contributed by atoms with van der Waals surface area (Å²) in [5.74, 6) is -1.98. The Hall–Kier alpha value is -3.75. The van der Waals surface area contributed by atoms with Gasteiger partial charge in [0, 0.05) is 43.2 Å². The van der Waals surface area contributed by atoms with Crippen molar-refractivity contribution < 1.29 is 18.3 Å². The van der Waals surface area contributed by atoms with Crippen LogP contribution in [0.4, 0.5) is 19.4 Å². The molecule has 3 aromatic rings. The smallest absolute Gasteiger partial charge is 0.407 e. The normalized spacial score (nSPS) is 14.5. The van der Waals surface area contributed by atoms with E-state index in [0.717, 1.165) is 23.6 Å². The summed E-state index contributed by atoms with van der Waals surface area (Å²) in [7, 11) is 0. The van der Waals surface area contributed by atoms with Crippen LogP contribution in [0, 0.1) is 13.8 Å². The fraction of sp³-hybridized carbons (Fsp3) is 0.393. The van der Waals surface area contributed by atoms with Gasteiger partial charge in [0.25, 0.3) is 11.5 Å². The number of aromatic nitrogens is 2. The number of hydrogen-bond acceptors (Lipinski definition) is 5. The second-order valence-electron chi connectivity index (χ2n) is 9.49. The number of hydrogen-bond donors (Lipinski definition) is 1. The number of benzene rings is 2. The van der Waals surface area contributed by atoms with Gasteiger partial charge in [-0.15, -0.1) is 0 Å². The molecular formula is C28H32F2N4O3. The third kappa shape index (κ3) is 5.98. The second-order valence-corrected chi connectivity index (χ2v) is 9.49. The van der Waals surface area contributed by atoms with Crippen molar-refractivity contribution in [1.82, 2.24) is 14.9 Å². The van der Waals surface area contributed by atoms with Crippen molar-refractivity contribution in [2.75, 3.05) is 24.6 Å². The lowest BCUT2D eigenvalue weighted by Gasteiger charge is -2.33. The first-order chi connectivity index (χ1) is 17.6. The number of amides is 1. The van der Waals surface area contributed by atoms with E-state index in [1.54, 1.807) is 6.92 Å². The van der Waals surface area contributed by atoms with Crippen LogP contribution in [0.2, 0.25) is 0 Å². The number of carbonyl (C=O) groups excluding carboxylic acids is 1. The summed E-state index contributed by atoms with van der Waals surface area (Å²) in [6, 6.07) is 13.1. The van der Waals surface area contributed by atoms with Gasteiger partial charge < -0.3 is 15.0 Å². The quantitative estimate of drug-likeness (QED) is 0.484. The average molecular weight is 511 g/mol. The maximum absolute atomic E-state index is 13.8. The van der Waals surface area contributed by atoms with Crippen LogP contribution in [0.1, 0.15) is 43.4 Å². The zero-order valence-corrected chi connectivity index (χ0v) is 21.6. The van der Waals surface area contributed by atoms with Crippen molar-refractivity contribution >= 4 is 11.9 Å². The Bertz CT molecular complexity index is 1320. The van der Waals surface area contributed by atoms with Gasteiger partial charge in [-0.25, -0.2) is 18.6 Å². The number of carbonyl (C=O) groups is 1. The molecule has 0 saturated carbocycles. The third-order valence-electron chi connectivity index (χ3n) is 6.58. The monoisotopic (exact) mass is 510 g/mol. The molecule has 196 valence electrons. The lowest BCUT2D eigenvalue weighted by atomic mass is 10.0. The lowest BCUT2D eigenvalue weighted by Crippen LogP contribution is -2.45. The average Bonchev–Trinajstić information content (AvgIpc) is 2.84. The molecule has 37 heavy (non-hydrogen) atoms. The van der Waals surface area contributed by atoms with Gasteiger partial charge in [-0.2, -0.15) is 0 Å². The summed E-state index contributed by atoms with van der Waals surface area (Å²) >= 11 is 0. The van der Waals surface area contributed by atoms with E-state index >= 15 is 0 Å². The van der Waals surface area contributed by atoms with E-state index in [-0.39, 0.29) is 17.2 Å². The summed E-state index contributed by atoms with van der Waals surface area (Å²) in [5, 5.41) is 2.87. The predicted molar refractivity (Wildman–Crippen MR) is 140 cm³/mol. The number of ether oxygens (including phenoxy) is 1. The SMILES string of the molecule is CCOC(=O)NC1CCN(c2cc(=O)n(-c3ccc(C(C)(F)F)cc3)c(-c3ccc(C)cc3C)n2)CC1. The van der Waals surface area contributed by atoms with Crippen LogP contribution in [0.15, 0.2) is 53.3 Å². The molecular weight excluding hydrogens is 478 g/mol. The van der Waals surface area contributed by atoms with E-state index in [1.165, 1.54) is 34.9 Å². The van der Waals surface area contributed by atoms with Crippen LogP contribution in [-0.2, 0) is 10.7 Å². The maximum Gasteiger partial charge on any atom is 0.407 e. The largest absolute Gasteiger partial charge is 0.450 e. The van der Waals surface area contributed by atoms with Crippen LogP contribution in [-0.4, -0.2) is 41.4 Å². The first-order valence-corrected chi connectivity index (χ1v) is 12.5. The number of nitrogens with one attached hydrogen (secondary N) is 1. The second kappa shape index (κ2) is 10.7. The van der Waals surface area contributed by atoms with E-state index in [4.69, 9.17) is 9.72 Å². The Morgan fingerprint density at radius 2 is 1.78 bits per heavy atom. The molecule has 2 aromatic carbocycles. The highest BCUT2D eigenvalue weighted by atomic mass is 19.3. The molecule has 7 nitrogen and oxygen atoms in total. The molecule has 0 aliphatic carbocycles. The molecule has 1 aliphatic heterocycles. The van der Waals surface area contributed by atoms with E-state index in [2.05, 4.69) is 5.32 Å². The summed E-state index contributed by atoms with van der Waals surface area (Å²) < 4.78 is 34.0. The van der Waals surface area contributed by atoms with Gasteiger partial charge in [0.1, 0.15) is 11.6 Å². The first kappa shape index (κ1) is 26.3. The number of alkyl carbamates (subject to hydrolysis) is 1. The summed E-state index contributed by atoms with van der Waals surface area (Å²) in [6.07, 6.45) is 0.954. The predicted octanol–water partition coefficient (Wildman–Crippen LogP) is 5.34. The molecule has 0 bridgehead atoms. The Balaban J connectivity index is 1.71. The molecule has 4 rings (SSSR count). The number of halogens is 2. The van der Waals surface area contributed by atoms with Crippen LogP contribution in [0.5, 0.6) is 0 Å². The molecule has 9 heteroatoms. The maximum atomic E-state index is 13.8. The van der Waals surface area contributed by atoms with Crippen molar-refractivity contribution in [3.05, 3.63) is 75.6 Å². The zero-order valence-electron chi connectivity index (χ0n) is 21.6. The molecule has 1 aliphatic rings. The van der Waals surface area contributed by atoms with Gasteiger partial charge in [-0.05, 0) is 51.3 Å². The highest BCUT2D eigenvalue weighted by molar-refractivity contribution is 5.68. The van der Waals surface area contributed by atoms with Gasteiger partial charge in [0.15, 0.2) is 0 Å². The van der Waals surface area contributed by atoms with Crippen LogP contribution in [0.3, 0.4) is 0 Å². The van der Waals surface area contributed by atoms with E-state index in [1.807, 2.05) is 36.9 Å². The summed E-state index contributed by atoms with van der Waals surface area (Å²) in [5.41, 5.74) is 2.85. The summed E-state index contributed by atoms with van der Waals surface area (Å²) in [6.45, 7) is 8.09. The number of anilines is 1. The minimum Gasteiger partial charge on any atom is -0.450 e. The third-order valence-corrected chi connectivity index (χ3v) is 6.58. The van der Waals surface area contributed by atoms with Gasteiger partial charge in [-0.1, -0.05) is 35.9 Å². The minimum atomic E-state index is -2.98. The van der Waals surface area contributed by atoms with Crippen molar-refractivity contribution in [2.24, 2.45) is 0 Å². The Morgan fingerprint density at radius 1 is 1.11 bits per heavy atom. The molecule has 1 amide bonds. The topological polar surface area (TPSA) is 76.5 Å². The fourth-order valence-corrected chi connectivity index (χ4v) is 4.62. The van der Waals surface area contributed by atoms with Crippen LogP contribution in [0.25, 0.3) is 17.1 Å². The summed E-state index contributed by atoms with van der Waals surface area (Å²) in [4.78, 5) is 32.2. The molecule has 0 atom stereocenters. The molecule has 0 spiro atoms. The minimum absolute atomic E-state index is 0.00954. The molecule has 1 fully saturated rings. The first-order valence-electron chi connectivity index (χ1n) is 12.5. The van der Waals surface area contributed by atoms with Crippen molar-refractivity contribution in [2.45, 2.75) is 52.5 Å². The number of aryl methyl sites for hydroxylation is 2. The number of alkyl halides is 2. The van der Waals surface area contributed by atoms with Gasteiger partial charge >= 0.3 is 6.09 Å².